The molecule has 0 fully saturated rings. The molecule has 0 bridgehead atoms. The van der Waals surface area contributed by atoms with Gasteiger partial charge in [0.25, 0.3) is 0 Å². The molecular formula is C11H21NO3. The first-order valence-electron chi connectivity index (χ1n) is 5.58. The molecule has 0 spiro atoms. The first kappa shape index (κ1) is 14.1. The van der Waals surface area contributed by atoms with Crippen LogP contribution in [0.4, 0.5) is 0 Å². The largest absolute Gasteiger partial charge is 0.392 e. The van der Waals surface area contributed by atoms with Crippen LogP contribution in [0, 0.1) is 0 Å². The number of likely N-dealkylation sites (N-methyl/N-ethyl adjacent to an activating group) is 1. The predicted molar refractivity (Wildman–Crippen MR) is 58.4 cm³/mol. The van der Waals surface area contributed by atoms with Crippen LogP contribution < -0.4 is 5.32 Å². The van der Waals surface area contributed by atoms with Crippen molar-refractivity contribution in [2.24, 2.45) is 0 Å². The van der Waals surface area contributed by atoms with Gasteiger partial charge >= 0.3 is 11.9 Å². The Hall–Kier alpha value is -0.900. The molecule has 0 amide bonds. The Morgan fingerprint density at radius 2 is 1.73 bits per heavy atom. The molecule has 0 aliphatic heterocycles. The van der Waals surface area contributed by atoms with Crippen molar-refractivity contribution in [3.05, 3.63) is 0 Å². The second-order valence-corrected chi connectivity index (χ2v) is 3.54. The molecule has 0 saturated carbocycles. The summed E-state index contributed by atoms with van der Waals surface area (Å²) in [6.07, 6.45) is 5.72. The minimum absolute atomic E-state index is 0.0849. The topological polar surface area (TPSA) is 55.4 Å². The quantitative estimate of drug-likeness (QED) is 0.380. The van der Waals surface area contributed by atoms with E-state index in [1.165, 1.54) is 12.8 Å². The highest BCUT2D eigenvalue weighted by molar-refractivity contribution is 5.86. The highest BCUT2D eigenvalue weighted by Crippen LogP contribution is 2.05. The van der Waals surface area contributed by atoms with Gasteiger partial charge in [0.1, 0.15) is 0 Å². The van der Waals surface area contributed by atoms with E-state index in [0.717, 1.165) is 19.3 Å². The fourth-order valence-corrected chi connectivity index (χ4v) is 1.23. The molecule has 0 aliphatic carbocycles. The summed E-state index contributed by atoms with van der Waals surface area (Å²) in [5, 5.41) is 2.63. The van der Waals surface area contributed by atoms with E-state index in [0.29, 0.717) is 6.42 Å². The summed E-state index contributed by atoms with van der Waals surface area (Å²) in [7, 11) is 1.64. The number of rotatable bonds is 8. The Bertz CT molecular complexity index is 192. The van der Waals surface area contributed by atoms with Gasteiger partial charge in [0.15, 0.2) is 0 Å². The number of esters is 2. The minimum atomic E-state index is -0.504. The fraction of sp³-hybridized carbons (Fsp3) is 0.818. The third-order valence-electron chi connectivity index (χ3n) is 2.03. The molecule has 0 unspecified atom stereocenters. The first-order chi connectivity index (χ1) is 7.20. The Kier molecular flexibility index (Phi) is 9.07. The van der Waals surface area contributed by atoms with Gasteiger partial charge in [-0.25, -0.2) is 0 Å². The van der Waals surface area contributed by atoms with Gasteiger partial charge in [0.2, 0.25) is 0 Å². The molecule has 0 aromatic carbocycles. The molecule has 0 heterocycles. The minimum Gasteiger partial charge on any atom is -0.392 e. The Morgan fingerprint density at radius 1 is 1.07 bits per heavy atom. The molecule has 0 atom stereocenters. The average Bonchev–Trinajstić information content (AvgIpc) is 2.17. The Labute approximate surface area is 91.4 Å². The number of carbonyl (C=O) groups excluding carboxylic acids is 2. The summed E-state index contributed by atoms with van der Waals surface area (Å²) in [6.45, 7) is 2.23. The molecule has 15 heavy (non-hydrogen) atoms. The normalized spacial score (nSPS) is 10.0. The highest BCUT2D eigenvalue weighted by Gasteiger charge is 2.08. The van der Waals surface area contributed by atoms with Crippen LogP contribution in [0.25, 0.3) is 0 Å². The van der Waals surface area contributed by atoms with Crippen LogP contribution in [-0.4, -0.2) is 25.5 Å². The molecule has 4 nitrogen and oxygen atoms in total. The number of hydrogen-bond donors (Lipinski definition) is 1. The third-order valence-corrected chi connectivity index (χ3v) is 2.03. The van der Waals surface area contributed by atoms with E-state index < -0.39 is 11.9 Å². The molecule has 0 rings (SSSR count). The van der Waals surface area contributed by atoms with Crippen molar-refractivity contribution in [1.29, 1.82) is 0 Å². The number of unbranched alkanes of at least 4 members (excludes halogenated alkanes) is 4. The van der Waals surface area contributed by atoms with E-state index in [9.17, 15) is 9.59 Å². The van der Waals surface area contributed by atoms with Crippen molar-refractivity contribution < 1.29 is 14.3 Å². The van der Waals surface area contributed by atoms with Crippen LogP contribution >= 0.6 is 0 Å². The van der Waals surface area contributed by atoms with Crippen LogP contribution in [0.2, 0.25) is 0 Å². The third kappa shape index (κ3) is 9.41. The maximum Gasteiger partial charge on any atom is 0.327 e. The van der Waals surface area contributed by atoms with Crippen molar-refractivity contribution in [3.8, 4) is 0 Å². The second kappa shape index (κ2) is 9.65. The van der Waals surface area contributed by atoms with Crippen molar-refractivity contribution in [1.82, 2.24) is 5.32 Å². The maximum absolute atomic E-state index is 11.1. The molecule has 0 aliphatic rings. The lowest BCUT2D eigenvalue weighted by Crippen LogP contribution is -2.23. The van der Waals surface area contributed by atoms with Crippen LogP contribution in [0.1, 0.15) is 45.4 Å². The summed E-state index contributed by atoms with van der Waals surface area (Å²) >= 11 is 0. The molecule has 0 radical (unpaired) electrons. The van der Waals surface area contributed by atoms with Gasteiger partial charge < -0.3 is 10.1 Å². The van der Waals surface area contributed by atoms with Gasteiger partial charge in [-0.15, -0.1) is 0 Å². The van der Waals surface area contributed by atoms with Gasteiger partial charge in [-0.3, -0.25) is 9.59 Å². The summed E-state index contributed by atoms with van der Waals surface area (Å²) in [6, 6.07) is 0. The van der Waals surface area contributed by atoms with Crippen molar-refractivity contribution >= 4 is 11.9 Å². The van der Waals surface area contributed by atoms with Gasteiger partial charge in [0.05, 0.1) is 6.54 Å². The number of nitrogens with one attached hydrogen (secondary N) is 1. The summed E-state index contributed by atoms with van der Waals surface area (Å²) < 4.78 is 4.56. The SMILES string of the molecule is CCCCCCCC(=O)OC(=O)CNC. The first-order valence-corrected chi connectivity index (χ1v) is 5.58. The second-order valence-electron chi connectivity index (χ2n) is 3.54. The number of carbonyl (C=O) groups is 2. The average molecular weight is 215 g/mol. The van der Waals surface area contributed by atoms with E-state index >= 15 is 0 Å². The molecule has 88 valence electrons. The summed E-state index contributed by atoms with van der Waals surface area (Å²) in [4.78, 5) is 22.0. The standard InChI is InChI=1S/C11H21NO3/c1-3-4-5-6-7-8-10(13)15-11(14)9-12-2/h12H,3-9H2,1-2H3. The van der Waals surface area contributed by atoms with E-state index in [1.807, 2.05) is 0 Å². The van der Waals surface area contributed by atoms with Crippen LogP contribution in [0.5, 0.6) is 0 Å². The van der Waals surface area contributed by atoms with E-state index in [1.54, 1.807) is 7.05 Å². The van der Waals surface area contributed by atoms with E-state index in [4.69, 9.17) is 0 Å². The predicted octanol–water partition coefficient (Wildman–Crippen LogP) is 1.64. The van der Waals surface area contributed by atoms with Crippen LogP contribution in [-0.2, 0) is 14.3 Å². The van der Waals surface area contributed by atoms with Gasteiger partial charge in [0, 0.05) is 6.42 Å². The zero-order chi connectivity index (χ0) is 11.5. The van der Waals surface area contributed by atoms with E-state index in [-0.39, 0.29) is 6.54 Å². The molecule has 4 heteroatoms. The Morgan fingerprint density at radius 3 is 2.33 bits per heavy atom. The van der Waals surface area contributed by atoms with Crippen molar-refractivity contribution in [2.45, 2.75) is 45.4 Å². The lowest BCUT2D eigenvalue weighted by molar-refractivity contribution is -0.158. The zero-order valence-corrected chi connectivity index (χ0v) is 9.67. The van der Waals surface area contributed by atoms with Gasteiger partial charge in [-0.2, -0.15) is 0 Å². The van der Waals surface area contributed by atoms with Gasteiger partial charge in [-0.05, 0) is 13.5 Å². The smallest absolute Gasteiger partial charge is 0.327 e. The molecule has 0 aromatic heterocycles. The molecule has 0 saturated heterocycles. The van der Waals surface area contributed by atoms with Crippen LogP contribution in [0.15, 0.2) is 0 Å². The maximum atomic E-state index is 11.1. The lowest BCUT2D eigenvalue weighted by Gasteiger charge is -2.02. The van der Waals surface area contributed by atoms with Crippen molar-refractivity contribution in [3.63, 3.8) is 0 Å². The van der Waals surface area contributed by atoms with Crippen LogP contribution in [0.3, 0.4) is 0 Å². The summed E-state index contributed by atoms with van der Waals surface area (Å²) in [5.74, 6) is -0.914. The zero-order valence-electron chi connectivity index (χ0n) is 9.67. The fourth-order valence-electron chi connectivity index (χ4n) is 1.23. The molecule has 1 N–H and O–H groups in total. The lowest BCUT2D eigenvalue weighted by atomic mass is 10.1. The van der Waals surface area contributed by atoms with Crippen molar-refractivity contribution in [2.75, 3.05) is 13.6 Å². The summed E-state index contributed by atoms with van der Waals surface area (Å²) in [5.41, 5.74) is 0. The highest BCUT2D eigenvalue weighted by atomic mass is 16.6. The molecule has 0 aromatic rings. The molecular weight excluding hydrogens is 194 g/mol. The number of ether oxygens (including phenoxy) is 1. The van der Waals surface area contributed by atoms with Gasteiger partial charge in [-0.1, -0.05) is 32.6 Å². The van der Waals surface area contributed by atoms with E-state index in [2.05, 4.69) is 17.0 Å². The monoisotopic (exact) mass is 215 g/mol. The number of hydrogen-bond acceptors (Lipinski definition) is 4. The Balaban J connectivity index is 3.37.